The molecule has 1 aliphatic rings. The molecule has 1 heterocycles. The number of para-hydroxylation sites is 1. The summed E-state index contributed by atoms with van der Waals surface area (Å²) in [6.07, 6.45) is 0.609. The Morgan fingerprint density at radius 1 is 1.11 bits per heavy atom. The van der Waals surface area contributed by atoms with Crippen LogP contribution in [0.3, 0.4) is 0 Å². The van der Waals surface area contributed by atoms with Gasteiger partial charge in [0, 0.05) is 30.0 Å². The van der Waals surface area contributed by atoms with E-state index in [1.807, 2.05) is 55.5 Å². The van der Waals surface area contributed by atoms with E-state index in [1.165, 1.54) is 0 Å². The van der Waals surface area contributed by atoms with Crippen molar-refractivity contribution in [3.8, 4) is 0 Å². The highest BCUT2D eigenvalue weighted by Gasteiger charge is 2.35. The molecule has 0 saturated heterocycles. The van der Waals surface area contributed by atoms with E-state index >= 15 is 0 Å². The molecule has 3 N–H and O–H groups in total. The molecule has 0 spiro atoms. The van der Waals surface area contributed by atoms with Crippen LogP contribution in [0.15, 0.2) is 54.2 Å². The highest BCUT2D eigenvalue weighted by atomic mass is 16.3. The zero-order chi connectivity index (χ0) is 19.4. The van der Waals surface area contributed by atoms with Gasteiger partial charge in [0.1, 0.15) is 0 Å². The van der Waals surface area contributed by atoms with Gasteiger partial charge in [-0.05, 0) is 44.0 Å². The zero-order valence-corrected chi connectivity index (χ0v) is 15.5. The summed E-state index contributed by atoms with van der Waals surface area (Å²) in [7, 11) is 0. The van der Waals surface area contributed by atoms with Gasteiger partial charge < -0.3 is 10.5 Å². The van der Waals surface area contributed by atoms with Crippen molar-refractivity contribution in [2.75, 3.05) is 11.5 Å². The number of hydrogen-bond acceptors (Lipinski definition) is 4. The second-order valence-electron chi connectivity index (χ2n) is 6.50. The summed E-state index contributed by atoms with van der Waals surface area (Å²) in [6, 6.07) is 15.4. The maximum atomic E-state index is 13.2. The second kappa shape index (κ2) is 8.05. The van der Waals surface area contributed by atoms with Gasteiger partial charge in [0.15, 0.2) is 0 Å². The predicted octanol–water partition coefficient (Wildman–Crippen LogP) is 2.80. The lowest BCUT2D eigenvalue weighted by molar-refractivity contribution is -0.122. The van der Waals surface area contributed by atoms with Crippen molar-refractivity contribution in [1.29, 1.82) is 0 Å². The maximum Gasteiger partial charge on any atom is 0.265 e. The number of carbonyl (C=O) groups is 2. The number of anilines is 2. The van der Waals surface area contributed by atoms with Crippen LogP contribution in [0, 0.1) is 6.92 Å². The molecule has 2 amide bonds. The Morgan fingerprint density at radius 2 is 1.85 bits per heavy atom. The van der Waals surface area contributed by atoms with Gasteiger partial charge in [-0.15, -0.1) is 0 Å². The fourth-order valence-electron chi connectivity index (χ4n) is 3.10. The van der Waals surface area contributed by atoms with E-state index in [0.29, 0.717) is 17.7 Å². The molecule has 0 atom stereocenters. The average Bonchev–Trinajstić information content (AvgIpc) is 2.96. The van der Waals surface area contributed by atoms with Gasteiger partial charge in [0.2, 0.25) is 5.91 Å². The van der Waals surface area contributed by atoms with Crippen molar-refractivity contribution in [2.45, 2.75) is 26.7 Å². The number of aryl methyl sites for hydroxylation is 1. The van der Waals surface area contributed by atoms with Crippen LogP contribution < -0.4 is 15.8 Å². The van der Waals surface area contributed by atoms with Gasteiger partial charge in [-0.1, -0.05) is 30.3 Å². The number of aliphatic hydroxyl groups excluding tert-OH is 1. The Morgan fingerprint density at radius 3 is 2.56 bits per heavy atom. The van der Waals surface area contributed by atoms with Crippen LogP contribution in [0.1, 0.15) is 30.9 Å². The van der Waals surface area contributed by atoms with Gasteiger partial charge in [-0.3, -0.25) is 19.9 Å². The van der Waals surface area contributed by atoms with E-state index in [2.05, 4.69) is 10.9 Å². The molecule has 140 valence electrons. The van der Waals surface area contributed by atoms with Gasteiger partial charge in [-0.2, -0.15) is 0 Å². The number of aliphatic hydroxyl groups is 1. The highest BCUT2D eigenvalue weighted by molar-refractivity contribution is 6.35. The molecule has 2 aromatic rings. The number of hydrazine groups is 1. The molecule has 1 aliphatic heterocycles. The third-order valence-corrected chi connectivity index (χ3v) is 4.42. The van der Waals surface area contributed by atoms with Gasteiger partial charge in [0.05, 0.1) is 11.3 Å². The van der Waals surface area contributed by atoms with Crippen molar-refractivity contribution in [3.05, 3.63) is 65.4 Å². The fourth-order valence-corrected chi connectivity index (χ4v) is 3.10. The summed E-state index contributed by atoms with van der Waals surface area (Å²) >= 11 is 0. The lowest BCUT2D eigenvalue weighted by atomic mass is 10.0. The summed E-state index contributed by atoms with van der Waals surface area (Å²) in [4.78, 5) is 26.7. The van der Waals surface area contributed by atoms with Crippen LogP contribution in [-0.2, 0) is 9.59 Å². The van der Waals surface area contributed by atoms with Crippen LogP contribution in [0.25, 0.3) is 5.57 Å². The number of amides is 2. The predicted molar refractivity (Wildman–Crippen MR) is 105 cm³/mol. The van der Waals surface area contributed by atoms with Crippen LogP contribution in [0.4, 0.5) is 11.4 Å². The number of hydrogen-bond donors (Lipinski definition) is 3. The summed E-state index contributed by atoms with van der Waals surface area (Å²) in [6.45, 7) is 3.71. The largest absolute Gasteiger partial charge is 0.396 e. The molecule has 6 heteroatoms. The Balaban J connectivity index is 1.95. The lowest BCUT2D eigenvalue weighted by Crippen LogP contribution is -2.37. The van der Waals surface area contributed by atoms with E-state index < -0.39 is 0 Å². The van der Waals surface area contributed by atoms with E-state index in [-0.39, 0.29) is 24.8 Å². The number of rotatable bonds is 6. The minimum absolute atomic E-state index is 0.0370. The first kappa shape index (κ1) is 18.7. The third kappa shape index (κ3) is 3.85. The first-order valence-electron chi connectivity index (χ1n) is 8.90. The second-order valence-corrected chi connectivity index (χ2v) is 6.50. The van der Waals surface area contributed by atoms with E-state index in [0.717, 1.165) is 22.5 Å². The maximum absolute atomic E-state index is 13.2. The summed E-state index contributed by atoms with van der Waals surface area (Å²) < 4.78 is 0. The Hall–Kier alpha value is -3.12. The monoisotopic (exact) mass is 365 g/mol. The molecule has 0 unspecified atom stereocenters. The van der Waals surface area contributed by atoms with E-state index in [1.54, 1.807) is 11.8 Å². The summed E-state index contributed by atoms with van der Waals surface area (Å²) in [5, 5.41) is 8.81. The zero-order valence-electron chi connectivity index (χ0n) is 15.5. The molecule has 3 rings (SSSR count). The van der Waals surface area contributed by atoms with E-state index in [9.17, 15) is 9.59 Å². The van der Waals surface area contributed by atoms with Crippen molar-refractivity contribution in [2.24, 2.45) is 0 Å². The molecule has 0 bridgehead atoms. The number of allylic oxidation sites excluding steroid dienone is 1. The summed E-state index contributed by atoms with van der Waals surface area (Å²) in [5.41, 5.74) is 10.0. The third-order valence-electron chi connectivity index (χ3n) is 4.42. The Kier molecular flexibility index (Phi) is 5.57. The van der Waals surface area contributed by atoms with Gasteiger partial charge in [0.25, 0.3) is 5.91 Å². The number of nitrogens with zero attached hydrogens (tertiary/aromatic N) is 1. The smallest absolute Gasteiger partial charge is 0.265 e. The number of benzene rings is 2. The van der Waals surface area contributed by atoms with E-state index in [4.69, 9.17) is 5.11 Å². The van der Waals surface area contributed by atoms with Gasteiger partial charge >= 0.3 is 0 Å². The standard InChI is InChI=1S/C21H23N3O3/c1-14-10-11-17-18(13-14)24(16-7-4-3-5-8-16)21(27)20(17)15(2)22-23-19(26)9-6-12-25/h3-5,7-8,10-11,13,22,25H,6,9,12H2,1-2H3,(H,23,26)/b20-15-. The van der Waals surface area contributed by atoms with Crippen molar-refractivity contribution in [3.63, 3.8) is 0 Å². The fraction of sp³-hybridized carbons (Fsp3) is 0.238. The van der Waals surface area contributed by atoms with Crippen LogP contribution in [0.2, 0.25) is 0 Å². The number of carbonyl (C=O) groups excluding carboxylic acids is 2. The Labute approximate surface area is 158 Å². The Bertz CT molecular complexity index is 891. The SMILES string of the molecule is C/C(NNC(=O)CCCO)=C1/C(=O)N(c2ccccc2)c2cc(C)ccc21. The minimum Gasteiger partial charge on any atom is -0.396 e. The van der Waals surface area contributed by atoms with Crippen molar-refractivity contribution < 1.29 is 14.7 Å². The lowest BCUT2D eigenvalue weighted by Gasteiger charge is -2.17. The van der Waals surface area contributed by atoms with Gasteiger partial charge in [-0.25, -0.2) is 0 Å². The minimum atomic E-state index is -0.238. The molecule has 6 nitrogen and oxygen atoms in total. The molecule has 0 aromatic heterocycles. The quantitative estimate of drug-likeness (QED) is 0.543. The highest BCUT2D eigenvalue weighted by Crippen LogP contribution is 2.42. The topological polar surface area (TPSA) is 81.7 Å². The number of nitrogens with one attached hydrogen (secondary N) is 2. The molecule has 27 heavy (non-hydrogen) atoms. The van der Waals surface area contributed by atoms with Crippen LogP contribution in [0.5, 0.6) is 0 Å². The molecule has 0 fully saturated rings. The molecule has 0 radical (unpaired) electrons. The first-order valence-corrected chi connectivity index (χ1v) is 8.90. The molecule has 0 aliphatic carbocycles. The normalized spacial score (nSPS) is 14.8. The average molecular weight is 365 g/mol. The molecular formula is C21H23N3O3. The molecule has 2 aromatic carbocycles. The molecular weight excluding hydrogens is 342 g/mol. The first-order chi connectivity index (χ1) is 13.0. The number of fused-ring (bicyclic) bond motifs is 1. The van der Waals surface area contributed by atoms with Crippen molar-refractivity contribution in [1.82, 2.24) is 10.9 Å². The molecule has 0 saturated carbocycles. The van der Waals surface area contributed by atoms with Crippen LogP contribution in [-0.4, -0.2) is 23.5 Å². The van der Waals surface area contributed by atoms with Crippen molar-refractivity contribution >= 4 is 28.8 Å². The summed E-state index contributed by atoms with van der Waals surface area (Å²) in [5.74, 6) is -0.380. The van der Waals surface area contributed by atoms with Crippen LogP contribution >= 0.6 is 0 Å².